The van der Waals surface area contributed by atoms with Gasteiger partial charge in [0.25, 0.3) is 0 Å². The molecule has 0 radical (unpaired) electrons. The van der Waals surface area contributed by atoms with Gasteiger partial charge >= 0.3 is 5.97 Å². The maximum absolute atomic E-state index is 12.6. The van der Waals surface area contributed by atoms with Crippen molar-refractivity contribution < 1.29 is 19.4 Å². The highest BCUT2D eigenvalue weighted by atomic mass is 16.5. The number of hydrogen-bond donors (Lipinski definition) is 1. The average molecular weight is 380 g/mol. The zero-order valence-electron chi connectivity index (χ0n) is 16.3. The van der Waals surface area contributed by atoms with Crippen molar-refractivity contribution in [2.45, 2.75) is 31.8 Å². The number of aliphatic hydroxyl groups is 1. The normalized spacial score (nSPS) is 19.8. The summed E-state index contributed by atoms with van der Waals surface area (Å²) < 4.78 is 10.8. The minimum Gasteiger partial charge on any atom is -0.497 e. The zero-order chi connectivity index (χ0) is 19.8. The summed E-state index contributed by atoms with van der Waals surface area (Å²) in [4.78, 5) is 12.6. The van der Waals surface area contributed by atoms with E-state index >= 15 is 0 Å². The second kappa shape index (κ2) is 10.1. The van der Waals surface area contributed by atoms with Crippen molar-refractivity contribution >= 4 is 5.97 Å². The molecule has 2 aromatic rings. The lowest BCUT2D eigenvalue weighted by Gasteiger charge is -2.30. The first-order valence-electron chi connectivity index (χ1n) is 9.83. The first-order valence-corrected chi connectivity index (χ1v) is 9.83. The van der Waals surface area contributed by atoms with Crippen LogP contribution in [0.2, 0.25) is 0 Å². The Morgan fingerprint density at radius 1 is 1.14 bits per heavy atom. The van der Waals surface area contributed by atoms with E-state index in [0.717, 1.165) is 23.3 Å². The summed E-state index contributed by atoms with van der Waals surface area (Å²) in [6.07, 6.45) is 6.37. The van der Waals surface area contributed by atoms with Gasteiger partial charge in [-0.3, -0.25) is 4.79 Å². The fourth-order valence-electron chi connectivity index (χ4n) is 3.88. The maximum atomic E-state index is 12.6. The molecule has 1 N–H and O–H groups in total. The molecule has 4 nitrogen and oxygen atoms in total. The van der Waals surface area contributed by atoms with Crippen LogP contribution in [0, 0.1) is 11.8 Å². The molecule has 2 aromatic carbocycles. The van der Waals surface area contributed by atoms with E-state index < -0.39 is 0 Å². The molecule has 0 amide bonds. The van der Waals surface area contributed by atoms with Crippen molar-refractivity contribution in [3.05, 3.63) is 77.9 Å². The van der Waals surface area contributed by atoms with Crippen LogP contribution in [0.15, 0.2) is 66.7 Å². The lowest BCUT2D eigenvalue weighted by molar-refractivity contribution is -0.150. The van der Waals surface area contributed by atoms with Gasteiger partial charge in [-0.15, -0.1) is 0 Å². The molecule has 3 unspecified atom stereocenters. The molecule has 3 atom stereocenters. The number of allylic oxidation sites excluding steroid dienone is 2. The van der Waals surface area contributed by atoms with Gasteiger partial charge in [-0.2, -0.15) is 0 Å². The highest BCUT2D eigenvalue weighted by Crippen LogP contribution is 2.38. The monoisotopic (exact) mass is 380 g/mol. The molecule has 1 aliphatic carbocycles. The van der Waals surface area contributed by atoms with Crippen molar-refractivity contribution in [3.63, 3.8) is 0 Å². The van der Waals surface area contributed by atoms with Crippen molar-refractivity contribution in [3.8, 4) is 5.75 Å². The van der Waals surface area contributed by atoms with Crippen LogP contribution in [-0.2, 0) is 16.1 Å². The van der Waals surface area contributed by atoms with Gasteiger partial charge in [-0.25, -0.2) is 0 Å². The lowest BCUT2D eigenvalue weighted by atomic mass is 9.75. The second-order valence-electron chi connectivity index (χ2n) is 7.25. The summed E-state index contributed by atoms with van der Waals surface area (Å²) in [5.41, 5.74) is 2.15. The van der Waals surface area contributed by atoms with Crippen LogP contribution in [0.3, 0.4) is 0 Å². The highest BCUT2D eigenvalue weighted by Gasteiger charge is 2.30. The van der Waals surface area contributed by atoms with Crippen molar-refractivity contribution in [1.29, 1.82) is 0 Å². The zero-order valence-corrected chi connectivity index (χ0v) is 16.3. The van der Waals surface area contributed by atoms with E-state index in [1.54, 1.807) is 7.11 Å². The van der Waals surface area contributed by atoms with E-state index in [1.807, 2.05) is 54.6 Å². The van der Waals surface area contributed by atoms with Crippen molar-refractivity contribution in [2.75, 3.05) is 13.7 Å². The fraction of sp³-hybridized carbons (Fsp3) is 0.375. The van der Waals surface area contributed by atoms with Crippen LogP contribution in [0.5, 0.6) is 5.75 Å². The second-order valence-corrected chi connectivity index (χ2v) is 7.25. The van der Waals surface area contributed by atoms with Gasteiger partial charge < -0.3 is 14.6 Å². The predicted molar refractivity (Wildman–Crippen MR) is 109 cm³/mol. The maximum Gasteiger partial charge on any atom is 0.309 e. The molecule has 0 spiro atoms. The topological polar surface area (TPSA) is 55.8 Å². The SMILES string of the molecule is COc1ccc(C(CCO)C2C=CCC(C(=O)OCc3ccccc3)C2)cc1. The van der Waals surface area contributed by atoms with E-state index in [0.29, 0.717) is 19.4 Å². The van der Waals surface area contributed by atoms with Gasteiger partial charge in [-0.1, -0.05) is 54.6 Å². The van der Waals surface area contributed by atoms with Crippen molar-refractivity contribution in [1.82, 2.24) is 0 Å². The summed E-state index contributed by atoms with van der Waals surface area (Å²) in [7, 11) is 1.65. The lowest BCUT2D eigenvalue weighted by Crippen LogP contribution is -2.25. The van der Waals surface area contributed by atoms with E-state index in [9.17, 15) is 9.90 Å². The third-order valence-electron chi connectivity index (χ3n) is 5.42. The summed E-state index contributed by atoms with van der Waals surface area (Å²) in [5, 5.41) is 9.57. The Balaban J connectivity index is 1.64. The minimum absolute atomic E-state index is 0.115. The van der Waals surface area contributed by atoms with Crippen LogP contribution in [0.4, 0.5) is 0 Å². The predicted octanol–water partition coefficient (Wildman–Crippen LogP) is 4.49. The Hall–Kier alpha value is -2.59. The van der Waals surface area contributed by atoms with Gasteiger partial charge in [0.2, 0.25) is 0 Å². The molecule has 0 aliphatic heterocycles. The van der Waals surface area contributed by atoms with Crippen LogP contribution in [-0.4, -0.2) is 24.8 Å². The average Bonchev–Trinajstić information content (AvgIpc) is 2.76. The number of ether oxygens (including phenoxy) is 2. The van der Waals surface area contributed by atoms with Gasteiger partial charge in [0, 0.05) is 6.61 Å². The number of carbonyl (C=O) groups is 1. The Morgan fingerprint density at radius 3 is 2.57 bits per heavy atom. The van der Waals surface area contributed by atoms with Gasteiger partial charge in [-0.05, 0) is 54.4 Å². The number of aliphatic hydroxyl groups excluding tert-OH is 1. The molecule has 148 valence electrons. The molecule has 0 heterocycles. The molecular weight excluding hydrogens is 352 g/mol. The molecule has 0 aromatic heterocycles. The standard InChI is InChI=1S/C24H28O4/c1-27-22-12-10-19(11-13-22)23(14-15-25)20-8-5-9-21(16-20)24(26)28-17-18-6-3-2-4-7-18/h2-8,10-13,20-21,23,25H,9,14-17H2,1H3. The Bertz CT molecular complexity index is 767. The molecule has 4 heteroatoms. The third kappa shape index (κ3) is 5.23. The summed E-state index contributed by atoms with van der Waals surface area (Å²) in [6, 6.07) is 17.7. The Labute approximate surface area is 166 Å². The first kappa shape index (κ1) is 20.2. The van der Waals surface area contributed by atoms with Crippen molar-refractivity contribution in [2.24, 2.45) is 11.8 Å². The molecule has 0 bridgehead atoms. The molecule has 28 heavy (non-hydrogen) atoms. The van der Waals surface area contributed by atoms with E-state index in [2.05, 4.69) is 12.2 Å². The van der Waals surface area contributed by atoms with Gasteiger partial charge in [0.05, 0.1) is 13.0 Å². The highest BCUT2D eigenvalue weighted by molar-refractivity contribution is 5.73. The van der Waals surface area contributed by atoms with Crippen LogP contribution in [0.25, 0.3) is 0 Å². The number of hydrogen-bond acceptors (Lipinski definition) is 4. The first-order chi connectivity index (χ1) is 13.7. The summed E-state index contributed by atoms with van der Waals surface area (Å²) in [6.45, 7) is 0.424. The molecular formula is C24H28O4. The van der Waals surface area contributed by atoms with E-state index in [4.69, 9.17) is 9.47 Å². The quantitative estimate of drug-likeness (QED) is 0.542. The van der Waals surface area contributed by atoms with Crippen LogP contribution < -0.4 is 4.74 Å². The third-order valence-corrected chi connectivity index (χ3v) is 5.42. The number of rotatable bonds is 8. The summed E-state index contributed by atoms with van der Waals surface area (Å²) in [5.74, 6) is 0.891. The van der Waals surface area contributed by atoms with Crippen LogP contribution >= 0.6 is 0 Å². The molecule has 0 fully saturated rings. The molecule has 0 saturated carbocycles. The van der Waals surface area contributed by atoms with E-state index in [1.165, 1.54) is 0 Å². The Morgan fingerprint density at radius 2 is 1.89 bits per heavy atom. The largest absolute Gasteiger partial charge is 0.497 e. The van der Waals surface area contributed by atoms with Gasteiger partial charge in [0.15, 0.2) is 0 Å². The number of methoxy groups -OCH3 is 1. The molecule has 0 saturated heterocycles. The van der Waals surface area contributed by atoms with E-state index in [-0.39, 0.29) is 30.3 Å². The van der Waals surface area contributed by atoms with Gasteiger partial charge in [0.1, 0.15) is 12.4 Å². The number of esters is 1. The number of benzene rings is 2. The fourth-order valence-corrected chi connectivity index (χ4v) is 3.88. The smallest absolute Gasteiger partial charge is 0.309 e. The molecule has 1 aliphatic rings. The number of carbonyl (C=O) groups excluding carboxylic acids is 1. The molecule has 3 rings (SSSR count). The summed E-state index contributed by atoms with van der Waals surface area (Å²) >= 11 is 0. The Kier molecular flexibility index (Phi) is 7.26. The van der Waals surface area contributed by atoms with Crippen LogP contribution in [0.1, 0.15) is 36.3 Å². The minimum atomic E-state index is -0.143.